The van der Waals surface area contributed by atoms with Crippen LogP contribution in [0.2, 0.25) is 0 Å². The van der Waals surface area contributed by atoms with Crippen molar-refractivity contribution < 1.29 is 13.2 Å². The number of sulfonamides is 1. The lowest BCUT2D eigenvalue weighted by atomic mass is 10.2. The zero-order valence-electron chi connectivity index (χ0n) is 17.3. The molecule has 162 valence electrons. The molecular weight excluding hydrogens is 452 g/mol. The number of hydrogen-bond acceptors (Lipinski definition) is 6. The summed E-state index contributed by atoms with van der Waals surface area (Å²) >= 11 is 3.03. The van der Waals surface area contributed by atoms with E-state index in [4.69, 9.17) is 5.14 Å². The summed E-state index contributed by atoms with van der Waals surface area (Å²) in [4.78, 5) is 18.7. The molecule has 0 saturated carbocycles. The predicted molar refractivity (Wildman–Crippen MR) is 124 cm³/mol. The Morgan fingerprint density at radius 3 is 2.68 bits per heavy atom. The number of hydrogen-bond donors (Lipinski definition) is 1. The minimum Gasteiger partial charge on any atom is -0.343 e. The summed E-state index contributed by atoms with van der Waals surface area (Å²) in [6.45, 7) is 4.74. The van der Waals surface area contributed by atoms with E-state index in [1.807, 2.05) is 37.6 Å². The van der Waals surface area contributed by atoms with Crippen molar-refractivity contribution in [3.05, 3.63) is 63.6 Å². The van der Waals surface area contributed by atoms with E-state index in [2.05, 4.69) is 21.0 Å². The van der Waals surface area contributed by atoms with Gasteiger partial charge in [-0.2, -0.15) is 0 Å². The van der Waals surface area contributed by atoms with Gasteiger partial charge in [-0.25, -0.2) is 18.5 Å². The average Bonchev–Trinajstić information content (AvgIpc) is 3.41. The predicted octanol–water partition coefficient (Wildman–Crippen LogP) is 3.72. The number of carbonyl (C=O) groups is 1. The Kier molecular flexibility index (Phi) is 5.82. The van der Waals surface area contributed by atoms with Crippen molar-refractivity contribution in [3.8, 4) is 0 Å². The minimum atomic E-state index is -3.80. The van der Waals surface area contributed by atoms with E-state index in [1.54, 1.807) is 17.4 Å². The molecule has 10 heteroatoms. The lowest BCUT2D eigenvalue weighted by Gasteiger charge is -2.08. The standard InChI is InChI=1S/C21H22N4O3S3/c1-13-9-17(14(2)25(13)11-15-5-4-8-29-15)20(26)12-30-21-23-18-10-16(31(22,27)28)6-7-19(18)24(21)3/h4-10H,11-12H2,1-3H3,(H2,22,27,28). The molecular formula is C21H22N4O3S3. The van der Waals surface area contributed by atoms with Gasteiger partial charge in [-0.15, -0.1) is 11.3 Å². The summed E-state index contributed by atoms with van der Waals surface area (Å²) in [5.41, 5.74) is 4.03. The van der Waals surface area contributed by atoms with Gasteiger partial charge in [0.1, 0.15) is 0 Å². The van der Waals surface area contributed by atoms with Crippen molar-refractivity contribution in [1.82, 2.24) is 14.1 Å². The number of thioether (sulfide) groups is 1. The molecule has 3 heterocycles. The molecule has 0 amide bonds. The second kappa shape index (κ2) is 8.27. The number of fused-ring (bicyclic) bond motifs is 1. The molecule has 3 aromatic heterocycles. The van der Waals surface area contributed by atoms with Crippen molar-refractivity contribution in [1.29, 1.82) is 0 Å². The van der Waals surface area contributed by atoms with Gasteiger partial charge < -0.3 is 9.13 Å². The fourth-order valence-corrected chi connectivity index (χ4v) is 5.65. The number of imidazole rings is 1. The van der Waals surface area contributed by atoms with Gasteiger partial charge in [0.25, 0.3) is 0 Å². The first-order valence-electron chi connectivity index (χ1n) is 9.49. The Morgan fingerprint density at radius 2 is 2.00 bits per heavy atom. The van der Waals surface area contributed by atoms with Crippen LogP contribution >= 0.6 is 23.1 Å². The summed E-state index contributed by atoms with van der Waals surface area (Å²) in [6, 6.07) is 10.6. The normalized spacial score (nSPS) is 12.0. The lowest BCUT2D eigenvalue weighted by Crippen LogP contribution is -2.11. The molecule has 0 spiro atoms. The maximum absolute atomic E-state index is 13.0. The van der Waals surface area contributed by atoms with Crippen LogP contribution in [0.5, 0.6) is 0 Å². The molecule has 0 bridgehead atoms. The summed E-state index contributed by atoms with van der Waals surface area (Å²) in [5, 5.41) is 7.90. The van der Waals surface area contributed by atoms with Gasteiger partial charge in [0.15, 0.2) is 10.9 Å². The molecule has 4 aromatic rings. The van der Waals surface area contributed by atoms with Gasteiger partial charge in [-0.05, 0) is 49.6 Å². The molecule has 0 aliphatic rings. The SMILES string of the molecule is Cc1cc(C(=O)CSc2nc3cc(S(N)(=O)=O)ccc3n2C)c(C)n1Cc1cccs1. The van der Waals surface area contributed by atoms with E-state index in [0.717, 1.165) is 29.0 Å². The second-order valence-electron chi connectivity index (χ2n) is 7.31. The van der Waals surface area contributed by atoms with Crippen molar-refractivity contribution in [2.75, 3.05) is 5.75 Å². The van der Waals surface area contributed by atoms with Crippen molar-refractivity contribution in [2.24, 2.45) is 12.2 Å². The molecule has 31 heavy (non-hydrogen) atoms. The van der Waals surface area contributed by atoms with Crippen LogP contribution < -0.4 is 5.14 Å². The van der Waals surface area contributed by atoms with E-state index < -0.39 is 10.0 Å². The quantitative estimate of drug-likeness (QED) is 0.325. The highest BCUT2D eigenvalue weighted by atomic mass is 32.2. The highest BCUT2D eigenvalue weighted by Gasteiger charge is 2.18. The molecule has 7 nitrogen and oxygen atoms in total. The van der Waals surface area contributed by atoms with E-state index >= 15 is 0 Å². The van der Waals surface area contributed by atoms with E-state index in [-0.39, 0.29) is 16.4 Å². The summed E-state index contributed by atoms with van der Waals surface area (Å²) in [7, 11) is -1.96. The van der Waals surface area contributed by atoms with Crippen LogP contribution in [0.1, 0.15) is 26.6 Å². The largest absolute Gasteiger partial charge is 0.343 e. The van der Waals surface area contributed by atoms with Crippen LogP contribution in [0.15, 0.2) is 51.8 Å². The molecule has 0 aliphatic heterocycles. The number of primary sulfonamides is 1. The van der Waals surface area contributed by atoms with Gasteiger partial charge in [-0.3, -0.25) is 4.79 Å². The monoisotopic (exact) mass is 474 g/mol. The highest BCUT2D eigenvalue weighted by molar-refractivity contribution is 7.99. The fourth-order valence-electron chi connectivity index (χ4n) is 3.56. The van der Waals surface area contributed by atoms with Crippen molar-refractivity contribution in [2.45, 2.75) is 30.4 Å². The topological polar surface area (TPSA) is 100.0 Å². The van der Waals surface area contributed by atoms with Crippen molar-refractivity contribution in [3.63, 3.8) is 0 Å². The molecule has 0 saturated heterocycles. The zero-order chi connectivity index (χ0) is 22.3. The second-order valence-corrected chi connectivity index (χ2v) is 10.8. The van der Waals surface area contributed by atoms with Gasteiger partial charge >= 0.3 is 0 Å². The smallest absolute Gasteiger partial charge is 0.238 e. The summed E-state index contributed by atoms with van der Waals surface area (Å²) < 4.78 is 27.2. The lowest BCUT2D eigenvalue weighted by molar-refractivity contribution is 0.102. The van der Waals surface area contributed by atoms with Gasteiger partial charge in [0, 0.05) is 28.9 Å². The molecule has 1 aromatic carbocycles. The van der Waals surface area contributed by atoms with Crippen LogP contribution in [0.25, 0.3) is 11.0 Å². The van der Waals surface area contributed by atoms with Crippen LogP contribution in [-0.4, -0.2) is 34.1 Å². The molecule has 0 fully saturated rings. The van der Waals surface area contributed by atoms with Crippen LogP contribution in [0.4, 0.5) is 0 Å². The van der Waals surface area contributed by atoms with Crippen LogP contribution in [-0.2, 0) is 23.6 Å². The third-order valence-corrected chi connectivity index (χ3v) is 8.04. The van der Waals surface area contributed by atoms with Crippen LogP contribution in [0, 0.1) is 13.8 Å². The Labute approximate surface area is 189 Å². The first kappa shape index (κ1) is 21.8. The summed E-state index contributed by atoms with van der Waals surface area (Å²) in [6.07, 6.45) is 0. The van der Waals surface area contributed by atoms with E-state index in [0.29, 0.717) is 10.7 Å². The Bertz CT molecular complexity index is 1380. The Morgan fingerprint density at radius 1 is 1.23 bits per heavy atom. The Hall–Kier alpha value is -2.40. The number of thiophene rings is 1. The number of nitrogens with zero attached hydrogens (tertiary/aromatic N) is 3. The molecule has 0 aliphatic carbocycles. The van der Waals surface area contributed by atoms with Gasteiger partial charge in [0.05, 0.1) is 28.2 Å². The summed E-state index contributed by atoms with van der Waals surface area (Å²) in [5.74, 6) is 0.274. The molecule has 4 rings (SSSR count). The number of carbonyl (C=O) groups excluding carboxylic acids is 1. The number of nitrogens with two attached hydrogens (primary N) is 1. The Balaban J connectivity index is 1.54. The van der Waals surface area contributed by atoms with Crippen LogP contribution in [0.3, 0.4) is 0 Å². The minimum absolute atomic E-state index is 0.0175. The average molecular weight is 475 g/mol. The van der Waals surface area contributed by atoms with Gasteiger partial charge in [0.2, 0.25) is 10.0 Å². The first-order valence-corrected chi connectivity index (χ1v) is 12.9. The number of rotatable bonds is 7. The number of aryl methyl sites for hydroxylation is 2. The molecule has 0 atom stereocenters. The third kappa shape index (κ3) is 4.33. The zero-order valence-corrected chi connectivity index (χ0v) is 19.8. The molecule has 0 radical (unpaired) electrons. The third-order valence-electron chi connectivity index (χ3n) is 5.24. The van der Waals surface area contributed by atoms with Gasteiger partial charge in [-0.1, -0.05) is 17.8 Å². The number of Topliss-reactive ketones (excluding diaryl/α,β-unsaturated/α-hetero) is 1. The van der Waals surface area contributed by atoms with E-state index in [9.17, 15) is 13.2 Å². The van der Waals surface area contributed by atoms with Crippen molar-refractivity contribution >= 4 is 49.9 Å². The van der Waals surface area contributed by atoms with E-state index in [1.165, 1.54) is 28.8 Å². The maximum atomic E-state index is 13.0. The highest BCUT2D eigenvalue weighted by Crippen LogP contribution is 2.26. The first-order chi connectivity index (χ1) is 14.6. The maximum Gasteiger partial charge on any atom is 0.238 e. The fraction of sp³-hybridized carbons (Fsp3) is 0.238. The number of ketones is 1. The number of benzene rings is 1. The molecule has 2 N–H and O–H groups in total. The molecule has 0 unspecified atom stereocenters. The number of aromatic nitrogens is 3.